The quantitative estimate of drug-likeness (QED) is 0.677. The number of nitrogens with zero attached hydrogens (tertiary/aromatic N) is 3. The van der Waals surface area contributed by atoms with Crippen LogP contribution in [0.15, 0.2) is 0 Å². The monoisotopic (exact) mass is 242 g/mol. The van der Waals surface area contributed by atoms with Gasteiger partial charge in [-0.05, 0) is 7.05 Å². The summed E-state index contributed by atoms with van der Waals surface area (Å²) in [6.45, 7) is 10.5. The van der Waals surface area contributed by atoms with Gasteiger partial charge in [0.05, 0.1) is 13.2 Å². The highest BCUT2D eigenvalue weighted by atomic mass is 16.5. The largest absolute Gasteiger partial charge is 0.379 e. The van der Waals surface area contributed by atoms with E-state index in [2.05, 4.69) is 21.7 Å². The number of ether oxygens (including phenoxy) is 1. The van der Waals surface area contributed by atoms with Crippen LogP contribution in [0, 0.1) is 0 Å². The molecular weight excluding hydrogens is 216 g/mol. The predicted molar refractivity (Wildman–Crippen MR) is 69.2 cm³/mol. The highest BCUT2D eigenvalue weighted by Gasteiger charge is 2.24. The summed E-state index contributed by atoms with van der Waals surface area (Å²) in [4.78, 5) is 7.42. The second kappa shape index (κ2) is 6.66. The fourth-order valence-electron chi connectivity index (χ4n) is 2.66. The van der Waals surface area contributed by atoms with Crippen molar-refractivity contribution in [3.63, 3.8) is 0 Å². The zero-order valence-corrected chi connectivity index (χ0v) is 11.0. The summed E-state index contributed by atoms with van der Waals surface area (Å²) in [6.07, 6.45) is 0. The first kappa shape index (κ1) is 13.2. The van der Waals surface area contributed by atoms with Crippen LogP contribution in [0.2, 0.25) is 0 Å². The molecule has 0 spiro atoms. The predicted octanol–water partition coefficient (Wildman–Crippen LogP) is -1.11. The maximum Gasteiger partial charge on any atom is 0.0594 e. The van der Waals surface area contributed by atoms with Crippen LogP contribution in [0.25, 0.3) is 0 Å². The van der Waals surface area contributed by atoms with E-state index in [1.54, 1.807) is 0 Å². The average molecular weight is 242 g/mol. The molecule has 0 aromatic carbocycles. The Labute approximate surface area is 104 Å². The van der Waals surface area contributed by atoms with Gasteiger partial charge >= 0.3 is 0 Å². The van der Waals surface area contributed by atoms with Crippen LogP contribution in [-0.2, 0) is 4.74 Å². The van der Waals surface area contributed by atoms with Gasteiger partial charge in [0.15, 0.2) is 0 Å². The highest BCUT2D eigenvalue weighted by molar-refractivity contribution is 4.82. The average Bonchev–Trinajstić information content (AvgIpc) is 2.38. The molecule has 0 aliphatic carbocycles. The van der Waals surface area contributed by atoms with Crippen molar-refractivity contribution in [1.29, 1.82) is 0 Å². The summed E-state index contributed by atoms with van der Waals surface area (Å²) in [5, 5.41) is 0. The Kier molecular flexibility index (Phi) is 5.18. The second-order valence-corrected chi connectivity index (χ2v) is 5.14. The third-order valence-electron chi connectivity index (χ3n) is 3.89. The molecule has 2 aliphatic heterocycles. The van der Waals surface area contributed by atoms with Crippen molar-refractivity contribution in [2.24, 2.45) is 5.73 Å². The Morgan fingerprint density at radius 3 is 2.59 bits per heavy atom. The second-order valence-electron chi connectivity index (χ2n) is 5.14. The minimum Gasteiger partial charge on any atom is -0.379 e. The Morgan fingerprint density at radius 2 is 1.88 bits per heavy atom. The number of hydrogen-bond donors (Lipinski definition) is 1. The molecule has 2 heterocycles. The molecule has 1 atom stereocenters. The van der Waals surface area contributed by atoms with Crippen LogP contribution in [0.3, 0.4) is 0 Å². The molecule has 2 rings (SSSR count). The third kappa shape index (κ3) is 3.89. The zero-order chi connectivity index (χ0) is 12.1. The molecule has 0 saturated carbocycles. The van der Waals surface area contributed by atoms with Gasteiger partial charge in [-0.2, -0.15) is 0 Å². The van der Waals surface area contributed by atoms with Crippen LogP contribution in [-0.4, -0.2) is 93.4 Å². The van der Waals surface area contributed by atoms with Gasteiger partial charge in [0.1, 0.15) is 0 Å². The molecule has 5 nitrogen and oxygen atoms in total. The van der Waals surface area contributed by atoms with Gasteiger partial charge in [0, 0.05) is 58.4 Å². The van der Waals surface area contributed by atoms with Gasteiger partial charge in [-0.15, -0.1) is 0 Å². The summed E-state index contributed by atoms with van der Waals surface area (Å²) in [5.74, 6) is 0. The molecule has 2 N–H and O–H groups in total. The first-order valence-electron chi connectivity index (χ1n) is 6.72. The van der Waals surface area contributed by atoms with E-state index in [-0.39, 0.29) is 0 Å². The molecule has 0 bridgehead atoms. The van der Waals surface area contributed by atoms with E-state index in [0.29, 0.717) is 6.04 Å². The van der Waals surface area contributed by atoms with Gasteiger partial charge in [-0.1, -0.05) is 0 Å². The van der Waals surface area contributed by atoms with Gasteiger partial charge in [0.2, 0.25) is 0 Å². The fraction of sp³-hybridized carbons (Fsp3) is 1.00. The molecular formula is C12H26N4O. The lowest BCUT2D eigenvalue weighted by molar-refractivity contribution is 0.0243. The first-order chi connectivity index (χ1) is 8.29. The van der Waals surface area contributed by atoms with E-state index in [1.807, 2.05) is 0 Å². The summed E-state index contributed by atoms with van der Waals surface area (Å²) in [5.41, 5.74) is 5.86. The lowest BCUT2D eigenvalue weighted by atomic mass is 10.1. The third-order valence-corrected chi connectivity index (χ3v) is 3.89. The molecule has 0 aromatic rings. The normalized spacial score (nSPS) is 29.6. The van der Waals surface area contributed by atoms with Crippen LogP contribution in [0.4, 0.5) is 0 Å². The SMILES string of the molecule is CN1CCN(CCN2CCOCC2)C(CN)C1. The molecule has 2 aliphatic rings. The number of piperazine rings is 1. The van der Waals surface area contributed by atoms with Crippen molar-refractivity contribution in [3.8, 4) is 0 Å². The Balaban J connectivity index is 1.73. The van der Waals surface area contributed by atoms with Crippen molar-refractivity contribution in [3.05, 3.63) is 0 Å². The van der Waals surface area contributed by atoms with Gasteiger partial charge in [0.25, 0.3) is 0 Å². The highest BCUT2D eigenvalue weighted by Crippen LogP contribution is 2.07. The Bertz CT molecular complexity index is 221. The van der Waals surface area contributed by atoms with Crippen LogP contribution < -0.4 is 5.73 Å². The van der Waals surface area contributed by atoms with E-state index in [9.17, 15) is 0 Å². The van der Waals surface area contributed by atoms with Gasteiger partial charge in [-0.25, -0.2) is 0 Å². The van der Waals surface area contributed by atoms with Crippen LogP contribution in [0.1, 0.15) is 0 Å². The van der Waals surface area contributed by atoms with Crippen molar-refractivity contribution in [2.75, 3.05) is 72.6 Å². The maximum absolute atomic E-state index is 5.86. The molecule has 0 amide bonds. The van der Waals surface area contributed by atoms with Crippen LogP contribution in [0.5, 0.6) is 0 Å². The minimum atomic E-state index is 0.537. The van der Waals surface area contributed by atoms with Crippen molar-refractivity contribution in [2.45, 2.75) is 6.04 Å². The topological polar surface area (TPSA) is 45.0 Å². The number of nitrogens with two attached hydrogens (primary N) is 1. The molecule has 100 valence electrons. The van der Waals surface area contributed by atoms with Crippen molar-refractivity contribution >= 4 is 0 Å². The number of rotatable bonds is 4. The van der Waals surface area contributed by atoms with E-state index in [4.69, 9.17) is 10.5 Å². The lowest BCUT2D eigenvalue weighted by Gasteiger charge is -2.40. The number of likely N-dealkylation sites (N-methyl/N-ethyl adjacent to an activating group) is 1. The Morgan fingerprint density at radius 1 is 1.12 bits per heavy atom. The van der Waals surface area contributed by atoms with E-state index >= 15 is 0 Å². The molecule has 2 fully saturated rings. The lowest BCUT2D eigenvalue weighted by Crippen LogP contribution is -2.56. The summed E-state index contributed by atoms with van der Waals surface area (Å²) in [7, 11) is 2.18. The summed E-state index contributed by atoms with van der Waals surface area (Å²) >= 11 is 0. The number of morpholine rings is 1. The van der Waals surface area contributed by atoms with Crippen LogP contribution >= 0.6 is 0 Å². The summed E-state index contributed by atoms with van der Waals surface area (Å²) in [6, 6.07) is 0.537. The zero-order valence-electron chi connectivity index (χ0n) is 11.0. The minimum absolute atomic E-state index is 0.537. The van der Waals surface area contributed by atoms with Gasteiger partial charge < -0.3 is 15.4 Å². The van der Waals surface area contributed by atoms with Crippen molar-refractivity contribution < 1.29 is 4.74 Å². The van der Waals surface area contributed by atoms with Gasteiger partial charge in [-0.3, -0.25) is 9.80 Å². The van der Waals surface area contributed by atoms with E-state index in [0.717, 1.165) is 59.0 Å². The van der Waals surface area contributed by atoms with Crippen molar-refractivity contribution in [1.82, 2.24) is 14.7 Å². The standard InChI is InChI=1S/C12H26N4O/c1-14-2-4-16(12(10-13)11-14)5-3-15-6-8-17-9-7-15/h12H,2-11,13H2,1H3. The molecule has 0 aromatic heterocycles. The first-order valence-corrected chi connectivity index (χ1v) is 6.72. The summed E-state index contributed by atoms with van der Waals surface area (Å²) < 4.78 is 5.37. The Hall–Kier alpha value is -0.200. The molecule has 0 radical (unpaired) electrons. The maximum atomic E-state index is 5.86. The smallest absolute Gasteiger partial charge is 0.0594 e. The number of hydrogen-bond acceptors (Lipinski definition) is 5. The fourth-order valence-corrected chi connectivity index (χ4v) is 2.66. The molecule has 5 heteroatoms. The molecule has 2 saturated heterocycles. The van der Waals surface area contributed by atoms with E-state index in [1.165, 1.54) is 6.54 Å². The molecule has 1 unspecified atom stereocenters. The van der Waals surface area contributed by atoms with E-state index < -0.39 is 0 Å². The molecule has 17 heavy (non-hydrogen) atoms.